The summed E-state index contributed by atoms with van der Waals surface area (Å²) < 4.78 is 11.8. The summed E-state index contributed by atoms with van der Waals surface area (Å²) in [6.07, 6.45) is 4.24. The lowest BCUT2D eigenvalue weighted by Gasteiger charge is -2.14. The Morgan fingerprint density at radius 3 is 2.77 bits per heavy atom. The zero-order valence-corrected chi connectivity index (χ0v) is 7.39. The molecule has 1 aromatic heterocycles. The fraction of sp³-hybridized carbons (Fsp3) is 0.333. The van der Waals surface area contributed by atoms with Crippen molar-refractivity contribution in [1.29, 1.82) is 0 Å². The molecular formula is C6H7N2O4P. The van der Waals surface area contributed by atoms with E-state index < -0.39 is 19.8 Å². The molecule has 1 heterocycles. The highest BCUT2D eigenvalue weighted by molar-refractivity contribution is 7.27. The first-order chi connectivity index (χ1) is 6.08. The van der Waals surface area contributed by atoms with Gasteiger partial charge in [-0.3, -0.25) is 4.57 Å². The van der Waals surface area contributed by atoms with Crippen LogP contribution in [0.1, 0.15) is 0 Å². The van der Waals surface area contributed by atoms with Crippen LogP contribution in [0.4, 0.5) is 0 Å². The monoisotopic (exact) mass is 202 g/mol. The second-order valence-corrected chi connectivity index (χ2v) is 3.37. The van der Waals surface area contributed by atoms with E-state index in [1.165, 1.54) is 23.3 Å². The normalized spacial score (nSPS) is 15.5. The standard InChI is InChI=1S/C6H7N2O4P/c9-5(10)6(11,13-12)3-8-2-1-7-4-8/h1-2,4,11H,3H2,(H,9,10). The van der Waals surface area contributed by atoms with Gasteiger partial charge in [0.15, 0.2) is 0 Å². The number of carboxylic acid groups (broad SMARTS) is 1. The van der Waals surface area contributed by atoms with Gasteiger partial charge in [0.2, 0.25) is 8.46 Å². The van der Waals surface area contributed by atoms with E-state index in [-0.39, 0.29) is 6.54 Å². The zero-order valence-electron chi connectivity index (χ0n) is 6.49. The molecule has 0 aliphatic rings. The maximum Gasteiger partial charge on any atom is 0.349 e. The Morgan fingerprint density at radius 2 is 2.38 bits per heavy atom. The number of hydrogen-bond donors (Lipinski definition) is 2. The molecule has 1 unspecified atom stereocenters. The summed E-state index contributed by atoms with van der Waals surface area (Å²) >= 11 is 0. The number of imidazole rings is 1. The maximum atomic E-state index is 10.5. The van der Waals surface area contributed by atoms with E-state index in [1.54, 1.807) is 0 Å². The van der Waals surface area contributed by atoms with Crippen LogP contribution in [-0.2, 0) is 15.9 Å². The third-order valence-corrected chi connectivity index (χ3v) is 2.09. The summed E-state index contributed by atoms with van der Waals surface area (Å²) in [4.78, 5) is 14.1. The van der Waals surface area contributed by atoms with Gasteiger partial charge in [0.05, 0.1) is 12.9 Å². The van der Waals surface area contributed by atoms with Gasteiger partial charge in [0.1, 0.15) is 0 Å². The molecule has 0 radical (unpaired) electrons. The van der Waals surface area contributed by atoms with Crippen LogP contribution in [0.25, 0.3) is 0 Å². The number of nitrogens with zero attached hydrogens (tertiary/aromatic N) is 2. The second-order valence-electron chi connectivity index (χ2n) is 2.45. The Kier molecular flexibility index (Phi) is 2.75. The highest BCUT2D eigenvalue weighted by Crippen LogP contribution is 2.21. The highest BCUT2D eigenvalue weighted by atomic mass is 31.1. The predicted molar refractivity (Wildman–Crippen MR) is 42.4 cm³/mol. The summed E-state index contributed by atoms with van der Waals surface area (Å²) in [6.45, 7) is -0.298. The molecule has 7 heteroatoms. The van der Waals surface area contributed by atoms with Gasteiger partial charge in [-0.05, 0) is 0 Å². The molecular weight excluding hydrogens is 195 g/mol. The van der Waals surface area contributed by atoms with Crippen LogP contribution in [0.3, 0.4) is 0 Å². The van der Waals surface area contributed by atoms with Crippen molar-refractivity contribution in [2.24, 2.45) is 0 Å². The average molecular weight is 202 g/mol. The number of carboxylic acids is 1. The van der Waals surface area contributed by atoms with Crippen molar-refractivity contribution in [2.45, 2.75) is 11.9 Å². The SMILES string of the molecule is O=PC(O)(Cn1ccnc1)C(=O)O. The van der Waals surface area contributed by atoms with Gasteiger partial charge >= 0.3 is 5.97 Å². The van der Waals surface area contributed by atoms with Crippen molar-refractivity contribution < 1.29 is 19.6 Å². The van der Waals surface area contributed by atoms with Crippen LogP contribution in [0, 0.1) is 0 Å². The zero-order chi connectivity index (χ0) is 9.90. The van der Waals surface area contributed by atoms with Crippen LogP contribution in [-0.4, -0.2) is 31.1 Å². The Balaban J connectivity index is 2.81. The smallest absolute Gasteiger partial charge is 0.349 e. The molecule has 6 nitrogen and oxygen atoms in total. The van der Waals surface area contributed by atoms with Crippen molar-refractivity contribution in [2.75, 3.05) is 0 Å². The molecule has 1 aromatic rings. The number of rotatable bonds is 4. The summed E-state index contributed by atoms with van der Waals surface area (Å²) in [7, 11) is -0.843. The largest absolute Gasteiger partial charge is 0.478 e. The minimum atomic E-state index is -2.28. The molecule has 0 aliphatic heterocycles. The molecule has 0 spiro atoms. The van der Waals surface area contributed by atoms with Crippen LogP contribution >= 0.6 is 8.46 Å². The maximum absolute atomic E-state index is 10.5. The number of aliphatic hydroxyl groups is 1. The first-order valence-electron chi connectivity index (χ1n) is 3.34. The van der Waals surface area contributed by atoms with Crippen molar-refractivity contribution in [1.82, 2.24) is 9.55 Å². The third kappa shape index (κ3) is 2.11. The topological polar surface area (TPSA) is 92.4 Å². The van der Waals surface area contributed by atoms with Gasteiger partial charge in [-0.25, -0.2) is 9.78 Å². The molecule has 1 atom stereocenters. The van der Waals surface area contributed by atoms with Gasteiger partial charge in [0, 0.05) is 12.4 Å². The molecule has 0 saturated carbocycles. The average Bonchev–Trinajstić information content (AvgIpc) is 2.56. The van der Waals surface area contributed by atoms with E-state index in [0.29, 0.717) is 0 Å². The van der Waals surface area contributed by atoms with Crippen molar-refractivity contribution in [3.8, 4) is 0 Å². The lowest BCUT2D eigenvalue weighted by molar-refractivity contribution is -0.150. The Morgan fingerprint density at radius 1 is 1.69 bits per heavy atom. The van der Waals surface area contributed by atoms with Gasteiger partial charge in [-0.15, -0.1) is 0 Å². The first-order valence-corrected chi connectivity index (χ1v) is 4.16. The molecule has 0 amide bonds. The minimum absolute atomic E-state index is 0.298. The highest BCUT2D eigenvalue weighted by Gasteiger charge is 2.37. The van der Waals surface area contributed by atoms with Crippen LogP contribution in [0.2, 0.25) is 0 Å². The van der Waals surface area contributed by atoms with E-state index in [2.05, 4.69) is 4.98 Å². The quantitative estimate of drug-likeness (QED) is 0.667. The molecule has 0 fully saturated rings. The first kappa shape index (κ1) is 9.83. The van der Waals surface area contributed by atoms with Crippen LogP contribution in [0.15, 0.2) is 18.7 Å². The minimum Gasteiger partial charge on any atom is -0.478 e. The van der Waals surface area contributed by atoms with Gasteiger partial charge in [-0.2, -0.15) is 0 Å². The van der Waals surface area contributed by atoms with Gasteiger partial charge in [0.25, 0.3) is 5.34 Å². The second kappa shape index (κ2) is 3.64. The van der Waals surface area contributed by atoms with Crippen LogP contribution < -0.4 is 0 Å². The number of aromatic nitrogens is 2. The Bertz CT molecular complexity index is 312. The van der Waals surface area contributed by atoms with E-state index in [4.69, 9.17) is 5.11 Å². The van der Waals surface area contributed by atoms with Crippen molar-refractivity contribution >= 4 is 14.4 Å². The Labute approximate surface area is 75.0 Å². The van der Waals surface area contributed by atoms with E-state index in [0.717, 1.165) is 0 Å². The molecule has 1 rings (SSSR count). The fourth-order valence-electron chi connectivity index (χ4n) is 0.770. The lowest BCUT2D eigenvalue weighted by Crippen LogP contribution is -2.36. The summed E-state index contributed by atoms with van der Waals surface area (Å²) in [5.74, 6) is -1.53. The van der Waals surface area contributed by atoms with E-state index in [1.807, 2.05) is 0 Å². The molecule has 0 aromatic carbocycles. The van der Waals surface area contributed by atoms with Crippen molar-refractivity contribution in [3.63, 3.8) is 0 Å². The van der Waals surface area contributed by atoms with E-state index in [9.17, 15) is 14.5 Å². The molecule has 70 valence electrons. The summed E-state index contributed by atoms with van der Waals surface area (Å²) in [6, 6.07) is 0. The molecule has 0 aliphatic carbocycles. The molecule has 0 saturated heterocycles. The summed E-state index contributed by atoms with van der Waals surface area (Å²) in [5.41, 5.74) is 0. The third-order valence-electron chi connectivity index (χ3n) is 1.46. The molecule has 13 heavy (non-hydrogen) atoms. The number of hydrogen-bond acceptors (Lipinski definition) is 4. The van der Waals surface area contributed by atoms with E-state index >= 15 is 0 Å². The predicted octanol–water partition coefficient (Wildman–Crippen LogP) is -0.0520. The number of carbonyl (C=O) groups is 1. The van der Waals surface area contributed by atoms with Crippen molar-refractivity contribution in [3.05, 3.63) is 18.7 Å². The number of aliphatic carboxylic acids is 1. The van der Waals surface area contributed by atoms with Crippen LogP contribution in [0.5, 0.6) is 0 Å². The Hall–Kier alpha value is -1.26. The fourth-order valence-corrected chi connectivity index (χ4v) is 1.07. The van der Waals surface area contributed by atoms with Gasteiger partial charge < -0.3 is 14.8 Å². The summed E-state index contributed by atoms with van der Waals surface area (Å²) in [5, 5.41) is 15.6. The molecule has 2 N–H and O–H groups in total. The lowest BCUT2D eigenvalue weighted by atomic mass is 10.3. The molecule has 0 bridgehead atoms. The van der Waals surface area contributed by atoms with Gasteiger partial charge in [-0.1, -0.05) is 0 Å².